The van der Waals surface area contributed by atoms with E-state index in [9.17, 15) is 19.2 Å². The molecule has 1 aromatic heterocycles. The number of nitrogens with zero attached hydrogens (tertiary/aromatic N) is 1. The number of carbonyl (C=O) groups excluding carboxylic acids is 2. The summed E-state index contributed by atoms with van der Waals surface area (Å²) in [5.41, 5.74) is -0.100. The van der Waals surface area contributed by atoms with Crippen molar-refractivity contribution in [3.8, 4) is 11.5 Å². The fourth-order valence-corrected chi connectivity index (χ4v) is 5.52. The summed E-state index contributed by atoms with van der Waals surface area (Å²) in [5, 5.41) is 11.6. The Morgan fingerprint density at radius 3 is 2.33 bits per heavy atom. The van der Waals surface area contributed by atoms with E-state index in [1.165, 1.54) is 7.11 Å². The first-order valence-electron chi connectivity index (χ1n) is 13.7. The maximum atomic E-state index is 14.1. The molecule has 1 aliphatic rings. The second kappa shape index (κ2) is 10.7. The molecule has 10 heteroatoms. The molecule has 0 bridgehead atoms. The van der Waals surface area contributed by atoms with Crippen LogP contribution >= 0.6 is 0 Å². The van der Waals surface area contributed by atoms with Crippen LogP contribution in [-0.4, -0.2) is 46.4 Å². The lowest BCUT2D eigenvalue weighted by Gasteiger charge is -2.44. The number of aromatic nitrogens is 1. The summed E-state index contributed by atoms with van der Waals surface area (Å²) in [7, 11) is 3.26. The summed E-state index contributed by atoms with van der Waals surface area (Å²) in [6.07, 6.45) is -3.13. The van der Waals surface area contributed by atoms with E-state index < -0.39 is 48.1 Å². The number of benzene rings is 3. The van der Waals surface area contributed by atoms with Crippen molar-refractivity contribution in [2.24, 2.45) is 13.0 Å². The minimum absolute atomic E-state index is 0.256. The van der Waals surface area contributed by atoms with E-state index in [1.54, 1.807) is 40.8 Å². The second-order valence-electron chi connectivity index (χ2n) is 11.3. The van der Waals surface area contributed by atoms with Crippen molar-refractivity contribution in [1.29, 1.82) is 0 Å². The minimum atomic E-state index is -1.21. The van der Waals surface area contributed by atoms with Gasteiger partial charge >= 0.3 is 17.9 Å². The second-order valence-corrected chi connectivity index (χ2v) is 11.3. The fourth-order valence-electron chi connectivity index (χ4n) is 5.52. The molecular formula is C32H33NO9. The van der Waals surface area contributed by atoms with Crippen LogP contribution in [0.4, 0.5) is 0 Å². The third-order valence-corrected chi connectivity index (χ3v) is 7.65. The van der Waals surface area contributed by atoms with Gasteiger partial charge in [0.2, 0.25) is 5.43 Å². The Balaban J connectivity index is 1.84. The van der Waals surface area contributed by atoms with E-state index in [1.807, 2.05) is 41.0 Å². The highest BCUT2D eigenvalue weighted by molar-refractivity contribution is 6.04. The Kier molecular flexibility index (Phi) is 7.34. The molecule has 1 N–H and O–H groups in total. The molecule has 0 aliphatic carbocycles. The van der Waals surface area contributed by atoms with Crippen LogP contribution in [0.5, 0.6) is 11.5 Å². The Morgan fingerprint density at radius 2 is 1.71 bits per heavy atom. The van der Waals surface area contributed by atoms with Gasteiger partial charge in [0.1, 0.15) is 17.1 Å². The molecule has 0 saturated carbocycles. The summed E-state index contributed by atoms with van der Waals surface area (Å²) in [4.78, 5) is 51.1. The van der Waals surface area contributed by atoms with Crippen LogP contribution in [0.15, 0.2) is 47.3 Å². The molecular weight excluding hydrogens is 542 g/mol. The van der Waals surface area contributed by atoms with E-state index in [0.29, 0.717) is 27.7 Å². The van der Waals surface area contributed by atoms with Crippen LogP contribution in [-0.2, 0) is 30.9 Å². The summed E-state index contributed by atoms with van der Waals surface area (Å²) >= 11 is 0. The van der Waals surface area contributed by atoms with Crippen molar-refractivity contribution in [3.05, 3.63) is 58.3 Å². The number of carboxylic acid groups (broad SMARTS) is 1. The van der Waals surface area contributed by atoms with Crippen LogP contribution in [0.2, 0.25) is 0 Å². The number of aliphatic carboxylic acids is 1. The Morgan fingerprint density at radius 1 is 1.05 bits per heavy atom. The largest absolute Gasteiger partial charge is 0.496 e. The van der Waals surface area contributed by atoms with Gasteiger partial charge in [-0.3, -0.25) is 19.2 Å². The van der Waals surface area contributed by atoms with Gasteiger partial charge in [0, 0.05) is 18.5 Å². The third kappa shape index (κ3) is 4.91. The quantitative estimate of drug-likeness (QED) is 0.238. The van der Waals surface area contributed by atoms with Crippen LogP contribution in [0.1, 0.15) is 52.2 Å². The minimum Gasteiger partial charge on any atom is -0.496 e. The highest BCUT2D eigenvalue weighted by Gasteiger charge is 2.50. The molecule has 2 unspecified atom stereocenters. The van der Waals surface area contributed by atoms with Gasteiger partial charge in [0.15, 0.2) is 12.2 Å². The molecule has 0 spiro atoms. The number of rotatable bonds is 7. The molecule has 0 radical (unpaired) electrons. The molecule has 2 atom stereocenters. The molecule has 220 valence electrons. The lowest BCUT2D eigenvalue weighted by atomic mass is 9.86. The van der Waals surface area contributed by atoms with Crippen molar-refractivity contribution in [2.45, 2.75) is 58.3 Å². The summed E-state index contributed by atoms with van der Waals surface area (Å²) in [6.45, 7) is 6.73. The zero-order valence-electron chi connectivity index (χ0n) is 24.3. The van der Waals surface area contributed by atoms with Crippen molar-refractivity contribution in [3.63, 3.8) is 0 Å². The highest BCUT2D eigenvalue weighted by Crippen LogP contribution is 2.49. The number of aryl methyl sites for hydroxylation is 1. The van der Waals surface area contributed by atoms with Gasteiger partial charge in [-0.25, -0.2) is 0 Å². The number of ether oxygens (including phenoxy) is 4. The Labute approximate surface area is 241 Å². The zero-order valence-corrected chi connectivity index (χ0v) is 24.3. The number of hydrogen-bond donors (Lipinski definition) is 1. The maximum Gasteiger partial charge on any atom is 0.309 e. The van der Waals surface area contributed by atoms with Crippen LogP contribution in [0.25, 0.3) is 32.6 Å². The summed E-state index contributed by atoms with van der Waals surface area (Å²) in [5.74, 6) is -2.40. The zero-order chi connectivity index (χ0) is 30.5. The van der Waals surface area contributed by atoms with Gasteiger partial charge in [-0.05, 0) is 36.8 Å². The normalized spacial score (nSPS) is 17.6. The lowest BCUT2D eigenvalue weighted by molar-refractivity contribution is -0.192. The van der Waals surface area contributed by atoms with Crippen LogP contribution in [0.3, 0.4) is 0 Å². The molecule has 1 aliphatic heterocycles. The van der Waals surface area contributed by atoms with E-state index in [2.05, 4.69) is 0 Å². The van der Waals surface area contributed by atoms with Gasteiger partial charge in [0.25, 0.3) is 0 Å². The third-order valence-electron chi connectivity index (χ3n) is 7.65. The van der Waals surface area contributed by atoms with E-state index in [0.717, 1.165) is 10.8 Å². The molecule has 0 saturated heterocycles. The molecule has 3 aromatic carbocycles. The van der Waals surface area contributed by atoms with E-state index >= 15 is 0 Å². The number of fused-ring (bicyclic) bond motifs is 5. The Hall–Kier alpha value is -4.60. The maximum absolute atomic E-state index is 14.1. The van der Waals surface area contributed by atoms with Crippen molar-refractivity contribution >= 4 is 50.5 Å². The molecule has 10 nitrogen and oxygen atoms in total. The molecule has 0 fully saturated rings. The molecule has 2 heterocycles. The van der Waals surface area contributed by atoms with Gasteiger partial charge in [-0.2, -0.15) is 0 Å². The van der Waals surface area contributed by atoms with Gasteiger partial charge in [-0.15, -0.1) is 0 Å². The van der Waals surface area contributed by atoms with Crippen LogP contribution in [0, 0.1) is 5.92 Å². The van der Waals surface area contributed by atoms with Gasteiger partial charge in [0.05, 0.1) is 47.9 Å². The smallest absolute Gasteiger partial charge is 0.309 e. The topological polar surface area (TPSA) is 130 Å². The van der Waals surface area contributed by atoms with Gasteiger partial charge in [-0.1, -0.05) is 38.1 Å². The number of pyridine rings is 1. The number of methoxy groups -OCH3 is 1. The predicted octanol–water partition coefficient (Wildman–Crippen LogP) is 5.04. The molecule has 0 amide bonds. The molecule has 42 heavy (non-hydrogen) atoms. The lowest BCUT2D eigenvalue weighted by Crippen LogP contribution is -2.52. The van der Waals surface area contributed by atoms with Gasteiger partial charge < -0.3 is 28.6 Å². The molecule has 4 aromatic rings. The van der Waals surface area contributed by atoms with Crippen molar-refractivity contribution in [1.82, 2.24) is 4.57 Å². The monoisotopic (exact) mass is 575 g/mol. The molecule has 5 rings (SSSR count). The first-order valence-corrected chi connectivity index (χ1v) is 13.7. The first-order chi connectivity index (χ1) is 19.8. The standard InChI is InChI=1S/C32H33NO9/c1-16(2)31(38)41-29-26-22(42-32(3,4)30(29)40-24(36)12-11-23(34)35)15-21(39-6)25-27(26)33(5)20-14-18-10-8-7-9-17(18)13-19(20)28(25)37/h7-10,13-16,29-30H,11-12H2,1-6H3,(H,34,35). The number of esters is 2. The van der Waals surface area contributed by atoms with Crippen LogP contribution < -0.4 is 14.9 Å². The predicted molar refractivity (Wildman–Crippen MR) is 156 cm³/mol. The summed E-state index contributed by atoms with van der Waals surface area (Å²) in [6, 6.07) is 13.1. The average molecular weight is 576 g/mol. The number of carboxylic acids is 1. The number of hydrogen-bond acceptors (Lipinski definition) is 8. The van der Waals surface area contributed by atoms with Crippen molar-refractivity contribution < 1.29 is 38.4 Å². The SMILES string of the molecule is COc1cc2c(c3c1c(=O)c1cc4ccccc4cc1n3C)C(OC(=O)C(C)C)C(OC(=O)CCC(=O)O)C(C)(C)O2. The summed E-state index contributed by atoms with van der Waals surface area (Å²) < 4.78 is 25.8. The first kappa shape index (κ1) is 28.9. The average Bonchev–Trinajstić information content (AvgIpc) is 2.94. The van der Waals surface area contributed by atoms with E-state index in [-0.39, 0.29) is 23.0 Å². The number of carbonyl (C=O) groups is 3. The van der Waals surface area contributed by atoms with E-state index in [4.69, 9.17) is 24.1 Å². The fraction of sp³-hybridized carbons (Fsp3) is 0.375. The highest BCUT2D eigenvalue weighted by atomic mass is 16.6. The Bertz CT molecular complexity index is 1820. The van der Waals surface area contributed by atoms with Crippen molar-refractivity contribution in [2.75, 3.05) is 7.11 Å².